The highest BCUT2D eigenvalue weighted by Crippen LogP contribution is 2.27. The van der Waals surface area contributed by atoms with E-state index >= 15 is 0 Å². The van der Waals surface area contributed by atoms with Crippen LogP contribution in [0.15, 0.2) is 18.2 Å². The van der Waals surface area contributed by atoms with Crippen LogP contribution in [-0.4, -0.2) is 6.04 Å². The molecule has 2 nitrogen and oxygen atoms in total. The van der Waals surface area contributed by atoms with E-state index in [0.29, 0.717) is 12.6 Å². The van der Waals surface area contributed by atoms with E-state index in [1.54, 1.807) is 0 Å². The number of hydrogen-bond acceptors (Lipinski definition) is 2. The Bertz CT molecular complexity index is 332. The Balaban J connectivity index is 2.07. The molecular weight excluding hydrogens is 208 g/mol. The first kappa shape index (κ1) is 10.8. The van der Waals surface area contributed by atoms with Gasteiger partial charge in [-0.25, -0.2) is 0 Å². The molecule has 0 aromatic heterocycles. The van der Waals surface area contributed by atoms with E-state index in [2.05, 4.69) is 5.32 Å². The van der Waals surface area contributed by atoms with Crippen molar-refractivity contribution in [2.75, 3.05) is 5.32 Å². The van der Waals surface area contributed by atoms with Crippen LogP contribution in [0.3, 0.4) is 0 Å². The topological polar surface area (TPSA) is 38.0 Å². The fourth-order valence-electron chi connectivity index (χ4n) is 2.09. The summed E-state index contributed by atoms with van der Waals surface area (Å²) in [6.45, 7) is 0.545. The van der Waals surface area contributed by atoms with Gasteiger partial charge in [0.25, 0.3) is 0 Å². The minimum atomic E-state index is 0.545. The van der Waals surface area contributed by atoms with Gasteiger partial charge in [-0.2, -0.15) is 0 Å². The largest absolute Gasteiger partial charge is 0.381 e. The lowest BCUT2D eigenvalue weighted by atomic mass is 10.2. The minimum Gasteiger partial charge on any atom is -0.381 e. The van der Waals surface area contributed by atoms with Gasteiger partial charge in [-0.1, -0.05) is 30.5 Å². The molecule has 3 heteroatoms. The van der Waals surface area contributed by atoms with Crippen molar-refractivity contribution in [2.24, 2.45) is 5.73 Å². The number of hydrogen-bond donors (Lipinski definition) is 2. The van der Waals surface area contributed by atoms with Gasteiger partial charge in [0, 0.05) is 12.6 Å². The molecule has 0 saturated heterocycles. The summed E-state index contributed by atoms with van der Waals surface area (Å²) in [5.41, 5.74) is 7.68. The van der Waals surface area contributed by atoms with Crippen molar-refractivity contribution in [3.63, 3.8) is 0 Å². The summed E-state index contributed by atoms with van der Waals surface area (Å²) in [7, 11) is 0. The third-order valence-corrected chi connectivity index (χ3v) is 3.30. The number of nitrogens with two attached hydrogens (primary N) is 1. The van der Waals surface area contributed by atoms with Gasteiger partial charge < -0.3 is 11.1 Å². The van der Waals surface area contributed by atoms with Crippen LogP contribution < -0.4 is 11.1 Å². The maximum atomic E-state index is 6.17. The number of anilines is 1. The molecule has 0 aliphatic heterocycles. The van der Waals surface area contributed by atoms with Gasteiger partial charge in [0.1, 0.15) is 0 Å². The maximum Gasteiger partial charge on any atom is 0.0640 e. The quantitative estimate of drug-likeness (QED) is 0.828. The van der Waals surface area contributed by atoms with E-state index in [1.807, 2.05) is 18.2 Å². The fraction of sp³-hybridized carbons (Fsp3) is 0.500. The fourth-order valence-corrected chi connectivity index (χ4v) is 2.35. The Morgan fingerprint density at radius 1 is 1.33 bits per heavy atom. The van der Waals surface area contributed by atoms with Gasteiger partial charge in [-0.15, -0.1) is 0 Å². The van der Waals surface area contributed by atoms with E-state index in [0.717, 1.165) is 16.3 Å². The molecule has 1 fully saturated rings. The van der Waals surface area contributed by atoms with Gasteiger partial charge in [0.2, 0.25) is 0 Å². The smallest absolute Gasteiger partial charge is 0.0640 e. The normalized spacial score (nSPS) is 16.9. The zero-order valence-electron chi connectivity index (χ0n) is 8.80. The number of benzene rings is 1. The van der Waals surface area contributed by atoms with Crippen molar-refractivity contribution in [3.05, 3.63) is 28.8 Å². The molecule has 1 saturated carbocycles. The van der Waals surface area contributed by atoms with Crippen molar-refractivity contribution < 1.29 is 0 Å². The van der Waals surface area contributed by atoms with E-state index in [1.165, 1.54) is 25.7 Å². The van der Waals surface area contributed by atoms with Crippen LogP contribution in [0.1, 0.15) is 31.2 Å². The van der Waals surface area contributed by atoms with Gasteiger partial charge in [0.15, 0.2) is 0 Å². The molecule has 1 aromatic carbocycles. The van der Waals surface area contributed by atoms with Crippen LogP contribution in [-0.2, 0) is 6.54 Å². The van der Waals surface area contributed by atoms with Crippen molar-refractivity contribution in [1.29, 1.82) is 0 Å². The van der Waals surface area contributed by atoms with E-state index in [9.17, 15) is 0 Å². The molecule has 3 N–H and O–H groups in total. The molecule has 0 spiro atoms. The average molecular weight is 225 g/mol. The SMILES string of the molecule is NCc1ccc(NC2CCCC2)c(Cl)c1. The zero-order chi connectivity index (χ0) is 10.7. The lowest BCUT2D eigenvalue weighted by Gasteiger charge is -2.15. The van der Waals surface area contributed by atoms with Crippen molar-refractivity contribution in [1.82, 2.24) is 0 Å². The zero-order valence-corrected chi connectivity index (χ0v) is 9.56. The van der Waals surface area contributed by atoms with Gasteiger partial charge in [-0.3, -0.25) is 0 Å². The summed E-state index contributed by atoms with van der Waals surface area (Å²) in [5.74, 6) is 0. The molecule has 1 aromatic rings. The first-order valence-corrected chi connectivity index (χ1v) is 5.92. The van der Waals surface area contributed by atoms with E-state index in [4.69, 9.17) is 17.3 Å². The second-order valence-electron chi connectivity index (χ2n) is 4.14. The van der Waals surface area contributed by atoms with Gasteiger partial charge in [0.05, 0.1) is 10.7 Å². The standard InChI is InChI=1S/C12H17ClN2/c13-11-7-9(8-14)5-6-12(11)15-10-3-1-2-4-10/h5-7,10,15H,1-4,8,14H2. The third kappa shape index (κ3) is 2.64. The first-order chi connectivity index (χ1) is 7.29. The highest BCUT2D eigenvalue weighted by atomic mass is 35.5. The molecular formula is C12H17ClN2. The van der Waals surface area contributed by atoms with Crippen molar-refractivity contribution in [3.8, 4) is 0 Å². The molecule has 0 bridgehead atoms. The Morgan fingerprint density at radius 2 is 2.07 bits per heavy atom. The average Bonchev–Trinajstić information content (AvgIpc) is 2.74. The van der Waals surface area contributed by atoms with E-state index in [-0.39, 0.29) is 0 Å². The molecule has 0 unspecified atom stereocenters. The number of halogens is 1. The van der Waals surface area contributed by atoms with Crippen LogP contribution in [0.25, 0.3) is 0 Å². The molecule has 0 heterocycles. The summed E-state index contributed by atoms with van der Waals surface area (Å²) in [6, 6.07) is 6.61. The minimum absolute atomic E-state index is 0.545. The predicted octanol–water partition coefficient (Wildman–Crippen LogP) is 3.15. The first-order valence-electron chi connectivity index (χ1n) is 5.54. The summed E-state index contributed by atoms with van der Waals surface area (Å²) in [5, 5.41) is 4.27. The monoisotopic (exact) mass is 224 g/mol. The summed E-state index contributed by atoms with van der Waals surface area (Å²) < 4.78 is 0. The number of nitrogens with one attached hydrogen (secondary N) is 1. The van der Waals surface area contributed by atoms with Crippen molar-refractivity contribution in [2.45, 2.75) is 38.3 Å². The maximum absolute atomic E-state index is 6.17. The van der Waals surface area contributed by atoms with Crippen LogP contribution in [0, 0.1) is 0 Å². The molecule has 1 aliphatic rings. The van der Waals surface area contributed by atoms with Crippen LogP contribution in [0.2, 0.25) is 5.02 Å². The Labute approximate surface area is 95.8 Å². The molecule has 2 rings (SSSR count). The third-order valence-electron chi connectivity index (χ3n) is 2.98. The van der Waals surface area contributed by atoms with Crippen LogP contribution >= 0.6 is 11.6 Å². The van der Waals surface area contributed by atoms with E-state index < -0.39 is 0 Å². The van der Waals surface area contributed by atoms with Crippen LogP contribution in [0.4, 0.5) is 5.69 Å². The van der Waals surface area contributed by atoms with Crippen molar-refractivity contribution >= 4 is 17.3 Å². The lowest BCUT2D eigenvalue weighted by Crippen LogP contribution is -2.14. The summed E-state index contributed by atoms with van der Waals surface area (Å²) in [6.07, 6.45) is 5.18. The Kier molecular flexibility index (Phi) is 3.49. The molecule has 0 atom stereocenters. The second kappa shape index (κ2) is 4.86. The van der Waals surface area contributed by atoms with Gasteiger partial charge >= 0.3 is 0 Å². The molecule has 1 aliphatic carbocycles. The summed E-state index contributed by atoms with van der Waals surface area (Å²) in [4.78, 5) is 0. The number of rotatable bonds is 3. The second-order valence-corrected chi connectivity index (χ2v) is 4.55. The van der Waals surface area contributed by atoms with Crippen LogP contribution in [0.5, 0.6) is 0 Å². The molecule has 0 amide bonds. The Morgan fingerprint density at radius 3 is 2.67 bits per heavy atom. The molecule has 82 valence electrons. The molecule has 0 radical (unpaired) electrons. The highest BCUT2D eigenvalue weighted by molar-refractivity contribution is 6.33. The lowest BCUT2D eigenvalue weighted by molar-refractivity contribution is 0.755. The summed E-state index contributed by atoms with van der Waals surface area (Å²) >= 11 is 6.17. The predicted molar refractivity (Wildman–Crippen MR) is 65.2 cm³/mol. The highest BCUT2D eigenvalue weighted by Gasteiger charge is 2.15. The molecule has 15 heavy (non-hydrogen) atoms. The van der Waals surface area contributed by atoms with Gasteiger partial charge in [-0.05, 0) is 30.5 Å². The Hall–Kier alpha value is -0.730.